The molecule has 82 valence electrons. The molecule has 5 heteroatoms. The maximum atomic E-state index is 10.6. The first-order valence-corrected chi connectivity index (χ1v) is 4.53. The van der Waals surface area contributed by atoms with Crippen LogP contribution >= 0.6 is 0 Å². The molecule has 0 amide bonds. The fourth-order valence-electron chi connectivity index (χ4n) is 1.06. The first-order chi connectivity index (χ1) is 7.13. The van der Waals surface area contributed by atoms with E-state index in [9.17, 15) is 9.90 Å². The Labute approximate surface area is 87.1 Å². The Balaban J connectivity index is 2.75. The van der Waals surface area contributed by atoms with Crippen molar-refractivity contribution < 1.29 is 19.7 Å². The second-order valence-electron chi connectivity index (χ2n) is 3.01. The molecule has 0 spiro atoms. The van der Waals surface area contributed by atoms with Gasteiger partial charge >= 0.3 is 5.97 Å². The van der Waals surface area contributed by atoms with Crippen LogP contribution in [0.5, 0.6) is 11.5 Å². The van der Waals surface area contributed by atoms with Crippen LogP contribution in [-0.2, 0) is 0 Å². The minimum absolute atomic E-state index is 0.00208. The fourth-order valence-corrected chi connectivity index (χ4v) is 1.06. The molecule has 0 saturated heterocycles. The molecule has 1 rings (SSSR count). The average Bonchev–Trinajstić information content (AvgIpc) is 2.17. The van der Waals surface area contributed by atoms with Gasteiger partial charge < -0.3 is 20.7 Å². The highest BCUT2D eigenvalue weighted by Crippen LogP contribution is 2.21. The van der Waals surface area contributed by atoms with Gasteiger partial charge in [0.1, 0.15) is 11.5 Å². The number of benzene rings is 1. The predicted octanol–water partition coefficient (Wildman–Crippen LogP) is 0.818. The number of aromatic carboxylic acids is 1. The van der Waals surface area contributed by atoms with Crippen molar-refractivity contribution in [3.05, 3.63) is 23.8 Å². The van der Waals surface area contributed by atoms with Gasteiger partial charge in [-0.15, -0.1) is 0 Å². The largest absolute Gasteiger partial charge is 0.508 e. The Morgan fingerprint density at radius 1 is 1.40 bits per heavy atom. The Morgan fingerprint density at radius 2 is 2.13 bits per heavy atom. The SMILES string of the molecule is NCCCOc1cc(O)cc(C(=O)O)c1. The van der Waals surface area contributed by atoms with E-state index in [0.29, 0.717) is 25.3 Å². The topological polar surface area (TPSA) is 92.8 Å². The van der Waals surface area contributed by atoms with E-state index in [1.165, 1.54) is 12.1 Å². The summed E-state index contributed by atoms with van der Waals surface area (Å²) in [7, 11) is 0. The van der Waals surface area contributed by atoms with Gasteiger partial charge in [0, 0.05) is 6.07 Å². The third kappa shape index (κ3) is 3.47. The first-order valence-electron chi connectivity index (χ1n) is 4.53. The van der Waals surface area contributed by atoms with Gasteiger partial charge in [-0.3, -0.25) is 0 Å². The van der Waals surface area contributed by atoms with Crippen LogP contribution in [0.2, 0.25) is 0 Å². The van der Waals surface area contributed by atoms with Crippen molar-refractivity contribution in [2.75, 3.05) is 13.2 Å². The number of carbonyl (C=O) groups is 1. The molecule has 0 bridgehead atoms. The van der Waals surface area contributed by atoms with Gasteiger partial charge in [-0.05, 0) is 25.1 Å². The molecular formula is C10H13NO4. The van der Waals surface area contributed by atoms with Crippen molar-refractivity contribution in [1.82, 2.24) is 0 Å². The van der Waals surface area contributed by atoms with E-state index in [1.807, 2.05) is 0 Å². The highest BCUT2D eigenvalue weighted by Gasteiger charge is 2.07. The molecule has 5 nitrogen and oxygen atoms in total. The Morgan fingerprint density at radius 3 is 2.73 bits per heavy atom. The monoisotopic (exact) mass is 211 g/mol. The average molecular weight is 211 g/mol. The lowest BCUT2D eigenvalue weighted by molar-refractivity contribution is 0.0696. The maximum Gasteiger partial charge on any atom is 0.335 e. The van der Waals surface area contributed by atoms with Crippen LogP contribution in [0.4, 0.5) is 0 Å². The van der Waals surface area contributed by atoms with E-state index >= 15 is 0 Å². The van der Waals surface area contributed by atoms with Gasteiger partial charge in [-0.1, -0.05) is 0 Å². The summed E-state index contributed by atoms with van der Waals surface area (Å²) in [6.07, 6.45) is 0.679. The minimum atomic E-state index is -1.10. The van der Waals surface area contributed by atoms with Gasteiger partial charge in [-0.25, -0.2) is 4.79 Å². The summed E-state index contributed by atoms with van der Waals surface area (Å²) < 4.78 is 5.21. The molecule has 0 aromatic heterocycles. The number of phenols is 1. The number of carboxylic acids is 1. The van der Waals surface area contributed by atoms with E-state index < -0.39 is 5.97 Å². The number of phenolic OH excluding ortho intramolecular Hbond substituents is 1. The summed E-state index contributed by atoms with van der Waals surface area (Å²) in [6.45, 7) is 0.906. The number of hydrogen-bond donors (Lipinski definition) is 3. The summed E-state index contributed by atoms with van der Waals surface area (Å²) in [6, 6.07) is 3.89. The number of aromatic hydroxyl groups is 1. The molecule has 0 atom stereocenters. The fraction of sp³-hybridized carbons (Fsp3) is 0.300. The molecule has 15 heavy (non-hydrogen) atoms. The van der Waals surface area contributed by atoms with Crippen LogP contribution in [-0.4, -0.2) is 29.3 Å². The van der Waals surface area contributed by atoms with Crippen molar-refractivity contribution in [1.29, 1.82) is 0 Å². The van der Waals surface area contributed by atoms with Crippen LogP contribution in [0, 0.1) is 0 Å². The van der Waals surface area contributed by atoms with Crippen LogP contribution in [0.3, 0.4) is 0 Å². The second-order valence-corrected chi connectivity index (χ2v) is 3.01. The molecule has 1 aromatic rings. The maximum absolute atomic E-state index is 10.6. The standard InChI is InChI=1S/C10H13NO4/c11-2-1-3-15-9-5-7(10(13)14)4-8(12)6-9/h4-6,12H,1-3,11H2,(H,13,14). The first kappa shape index (κ1) is 11.3. The van der Waals surface area contributed by atoms with E-state index in [4.69, 9.17) is 15.6 Å². The van der Waals surface area contributed by atoms with Crippen LogP contribution in [0.25, 0.3) is 0 Å². The summed E-state index contributed by atoms with van der Waals surface area (Å²) in [5, 5.41) is 17.9. The molecular weight excluding hydrogens is 198 g/mol. The van der Waals surface area contributed by atoms with E-state index in [1.54, 1.807) is 0 Å². The number of carboxylic acid groups (broad SMARTS) is 1. The molecule has 1 aromatic carbocycles. The molecule has 0 fully saturated rings. The van der Waals surface area contributed by atoms with Gasteiger partial charge in [0.25, 0.3) is 0 Å². The number of ether oxygens (including phenoxy) is 1. The lowest BCUT2D eigenvalue weighted by atomic mass is 10.2. The summed E-state index contributed by atoms with van der Waals surface area (Å²) in [4.78, 5) is 10.6. The third-order valence-electron chi connectivity index (χ3n) is 1.76. The van der Waals surface area contributed by atoms with Gasteiger partial charge in [0.15, 0.2) is 0 Å². The summed E-state index contributed by atoms with van der Waals surface area (Å²) in [5.41, 5.74) is 5.28. The van der Waals surface area contributed by atoms with Crippen molar-refractivity contribution in [2.45, 2.75) is 6.42 Å². The van der Waals surface area contributed by atoms with E-state index in [0.717, 1.165) is 6.07 Å². The molecule has 0 unspecified atom stereocenters. The van der Waals surface area contributed by atoms with Crippen LogP contribution < -0.4 is 10.5 Å². The highest BCUT2D eigenvalue weighted by atomic mass is 16.5. The molecule has 0 aliphatic carbocycles. The second kappa shape index (κ2) is 5.21. The Bertz CT molecular complexity index is 351. The number of rotatable bonds is 5. The molecule has 4 N–H and O–H groups in total. The molecule has 0 aliphatic rings. The molecule has 0 heterocycles. The van der Waals surface area contributed by atoms with Gasteiger partial charge in [-0.2, -0.15) is 0 Å². The normalized spacial score (nSPS) is 9.93. The third-order valence-corrected chi connectivity index (χ3v) is 1.76. The lowest BCUT2D eigenvalue weighted by Crippen LogP contribution is -2.06. The van der Waals surface area contributed by atoms with Gasteiger partial charge in [0.2, 0.25) is 0 Å². The molecule has 0 aliphatic heterocycles. The van der Waals surface area contributed by atoms with Crippen molar-refractivity contribution in [3.8, 4) is 11.5 Å². The Kier molecular flexibility index (Phi) is 3.93. The van der Waals surface area contributed by atoms with E-state index in [-0.39, 0.29) is 11.3 Å². The zero-order chi connectivity index (χ0) is 11.3. The lowest BCUT2D eigenvalue weighted by Gasteiger charge is -2.06. The van der Waals surface area contributed by atoms with Crippen molar-refractivity contribution >= 4 is 5.97 Å². The molecule has 0 saturated carbocycles. The highest BCUT2D eigenvalue weighted by molar-refractivity contribution is 5.88. The number of hydrogen-bond acceptors (Lipinski definition) is 4. The van der Waals surface area contributed by atoms with Crippen molar-refractivity contribution in [2.24, 2.45) is 5.73 Å². The van der Waals surface area contributed by atoms with Gasteiger partial charge in [0.05, 0.1) is 12.2 Å². The quantitative estimate of drug-likeness (QED) is 0.627. The van der Waals surface area contributed by atoms with Crippen LogP contribution in [0.1, 0.15) is 16.8 Å². The zero-order valence-electron chi connectivity index (χ0n) is 8.14. The summed E-state index contributed by atoms with van der Waals surface area (Å²) >= 11 is 0. The smallest absolute Gasteiger partial charge is 0.335 e. The molecule has 0 radical (unpaired) electrons. The van der Waals surface area contributed by atoms with E-state index in [2.05, 4.69) is 0 Å². The predicted molar refractivity (Wildman–Crippen MR) is 54.2 cm³/mol. The zero-order valence-corrected chi connectivity index (χ0v) is 8.14. The van der Waals surface area contributed by atoms with Crippen molar-refractivity contribution in [3.63, 3.8) is 0 Å². The Hall–Kier alpha value is -1.75. The summed E-state index contributed by atoms with van der Waals surface area (Å²) in [5.74, 6) is -0.895. The van der Waals surface area contributed by atoms with Crippen LogP contribution in [0.15, 0.2) is 18.2 Å². The minimum Gasteiger partial charge on any atom is -0.508 e. The number of nitrogens with two attached hydrogens (primary N) is 1.